The molecule has 24 heavy (non-hydrogen) atoms. The van der Waals surface area contributed by atoms with Crippen LogP contribution in [0.2, 0.25) is 0 Å². The molecule has 2 N–H and O–H groups in total. The number of rotatable bonds is 3. The Morgan fingerprint density at radius 1 is 1.04 bits per heavy atom. The summed E-state index contributed by atoms with van der Waals surface area (Å²) in [4.78, 5) is 15.3. The van der Waals surface area contributed by atoms with Crippen molar-refractivity contribution in [3.05, 3.63) is 47.8 Å². The maximum atomic E-state index is 13.8. The SMILES string of the molecule is O=C(NC1CCCCCCC1)c1cc(-c2ccc(F)cc2F)c[nH]1. The molecule has 0 radical (unpaired) electrons. The quantitative estimate of drug-likeness (QED) is 0.833. The fourth-order valence-corrected chi connectivity index (χ4v) is 3.27. The number of carbonyl (C=O) groups is 1. The second-order valence-electron chi connectivity index (χ2n) is 6.44. The minimum absolute atomic E-state index is 0.172. The van der Waals surface area contributed by atoms with Crippen molar-refractivity contribution in [3.63, 3.8) is 0 Å². The molecule has 0 atom stereocenters. The number of halogens is 2. The Hall–Kier alpha value is -2.17. The standard InChI is InChI=1S/C19H22F2N2O/c20-14-8-9-16(17(21)11-14)13-10-18(22-12-13)19(24)23-15-6-4-2-1-3-5-7-15/h8-12,15,22H,1-7H2,(H,23,24). The van der Waals surface area contributed by atoms with Crippen LogP contribution in [0.15, 0.2) is 30.5 Å². The van der Waals surface area contributed by atoms with E-state index in [0.29, 0.717) is 11.3 Å². The summed E-state index contributed by atoms with van der Waals surface area (Å²) in [5, 5.41) is 3.07. The minimum atomic E-state index is -0.638. The lowest BCUT2D eigenvalue weighted by Gasteiger charge is -2.20. The van der Waals surface area contributed by atoms with Crippen LogP contribution in [0.4, 0.5) is 8.78 Å². The summed E-state index contributed by atoms with van der Waals surface area (Å²) < 4.78 is 26.9. The molecule has 5 heteroatoms. The average molecular weight is 332 g/mol. The summed E-state index contributed by atoms with van der Waals surface area (Å²) in [5.74, 6) is -1.43. The van der Waals surface area contributed by atoms with Crippen molar-refractivity contribution < 1.29 is 13.6 Å². The Morgan fingerprint density at radius 2 is 1.75 bits per heavy atom. The van der Waals surface area contributed by atoms with Crippen molar-refractivity contribution in [2.45, 2.75) is 51.0 Å². The number of amides is 1. The van der Waals surface area contributed by atoms with E-state index in [0.717, 1.165) is 31.7 Å². The molecular formula is C19H22F2N2O. The first kappa shape index (κ1) is 16.7. The monoisotopic (exact) mass is 332 g/mol. The van der Waals surface area contributed by atoms with E-state index in [-0.39, 0.29) is 17.5 Å². The fraction of sp³-hybridized carbons (Fsp3) is 0.421. The van der Waals surface area contributed by atoms with Gasteiger partial charge in [0.1, 0.15) is 17.3 Å². The Labute approximate surface area is 140 Å². The van der Waals surface area contributed by atoms with Crippen LogP contribution in [-0.2, 0) is 0 Å². The van der Waals surface area contributed by atoms with Crippen LogP contribution in [0.25, 0.3) is 11.1 Å². The lowest BCUT2D eigenvalue weighted by atomic mass is 9.96. The molecule has 0 unspecified atom stereocenters. The number of benzene rings is 1. The predicted octanol–water partition coefficient (Wildman–Crippen LogP) is 4.80. The molecule has 0 aliphatic heterocycles. The molecule has 1 aliphatic carbocycles. The molecule has 1 fully saturated rings. The Kier molecular flexibility index (Phi) is 5.28. The molecule has 0 saturated heterocycles. The van der Waals surface area contributed by atoms with Crippen molar-refractivity contribution in [3.8, 4) is 11.1 Å². The maximum Gasteiger partial charge on any atom is 0.267 e. The van der Waals surface area contributed by atoms with Gasteiger partial charge in [-0.15, -0.1) is 0 Å². The Balaban J connectivity index is 1.69. The number of aromatic nitrogens is 1. The molecule has 1 saturated carbocycles. The molecule has 1 aromatic carbocycles. The van der Waals surface area contributed by atoms with Crippen molar-refractivity contribution in [1.82, 2.24) is 10.3 Å². The van der Waals surface area contributed by atoms with Crippen LogP contribution in [0.3, 0.4) is 0 Å². The van der Waals surface area contributed by atoms with Crippen molar-refractivity contribution >= 4 is 5.91 Å². The number of aromatic amines is 1. The molecule has 3 rings (SSSR count). The highest BCUT2D eigenvalue weighted by Crippen LogP contribution is 2.24. The molecular weight excluding hydrogens is 310 g/mol. The normalized spacial score (nSPS) is 16.4. The van der Waals surface area contributed by atoms with E-state index in [9.17, 15) is 13.6 Å². The third-order valence-electron chi connectivity index (χ3n) is 4.61. The lowest BCUT2D eigenvalue weighted by molar-refractivity contribution is 0.0926. The maximum absolute atomic E-state index is 13.8. The van der Waals surface area contributed by atoms with Crippen LogP contribution in [-0.4, -0.2) is 16.9 Å². The topological polar surface area (TPSA) is 44.9 Å². The van der Waals surface area contributed by atoms with Gasteiger partial charge in [0.15, 0.2) is 0 Å². The second-order valence-corrected chi connectivity index (χ2v) is 6.44. The minimum Gasteiger partial charge on any atom is -0.357 e. The summed E-state index contributed by atoms with van der Waals surface area (Å²) >= 11 is 0. The van der Waals surface area contributed by atoms with Crippen LogP contribution in [0.5, 0.6) is 0 Å². The Bertz CT molecular complexity index is 703. The van der Waals surface area contributed by atoms with Gasteiger partial charge in [-0.2, -0.15) is 0 Å². The first-order valence-corrected chi connectivity index (χ1v) is 8.58. The van der Waals surface area contributed by atoms with Gasteiger partial charge in [0, 0.05) is 29.4 Å². The Morgan fingerprint density at radius 3 is 2.46 bits per heavy atom. The summed E-state index contributed by atoms with van der Waals surface area (Å²) in [6.07, 6.45) is 9.60. The average Bonchev–Trinajstić information content (AvgIpc) is 2.99. The van der Waals surface area contributed by atoms with Gasteiger partial charge < -0.3 is 10.3 Å². The van der Waals surface area contributed by atoms with Crippen molar-refractivity contribution in [1.29, 1.82) is 0 Å². The number of carbonyl (C=O) groups excluding carboxylic acids is 1. The highest BCUT2D eigenvalue weighted by atomic mass is 19.1. The van der Waals surface area contributed by atoms with E-state index >= 15 is 0 Å². The van der Waals surface area contributed by atoms with Gasteiger partial charge in [0.05, 0.1) is 0 Å². The molecule has 2 aromatic rings. The van der Waals surface area contributed by atoms with Crippen molar-refractivity contribution in [2.75, 3.05) is 0 Å². The fourth-order valence-electron chi connectivity index (χ4n) is 3.27. The van der Waals surface area contributed by atoms with E-state index in [1.165, 1.54) is 31.4 Å². The summed E-state index contributed by atoms with van der Waals surface area (Å²) in [5.41, 5.74) is 1.21. The molecule has 0 spiro atoms. The summed E-state index contributed by atoms with van der Waals surface area (Å²) in [6, 6.07) is 5.24. The molecule has 1 amide bonds. The van der Waals surface area contributed by atoms with E-state index < -0.39 is 11.6 Å². The number of hydrogen-bond donors (Lipinski definition) is 2. The summed E-state index contributed by atoms with van der Waals surface area (Å²) in [7, 11) is 0. The highest BCUT2D eigenvalue weighted by molar-refractivity contribution is 5.94. The van der Waals surface area contributed by atoms with Gasteiger partial charge in [0.2, 0.25) is 0 Å². The van der Waals surface area contributed by atoms with Gasteiger partial charge in [-0.25, -0.2) is 8.78 Å². The largest absolute Gasteiger partial charge is 0.357 e. The third kappa shape index (κ3) is 4.02. The van der Waals surface area contributed by atoms with Gasteiger partial charge in [0.25, 0.3) is 5.91 Å². The van der Waals surface area contributed by atoms with Crippen LogP contribution in [0, 0.1) is 11.6 Å². The van der Waals surface area contributed by atoms with Gasteiger partial charge >= 0.3 is 0 Å². The van der Waals surface area contributed by atoms with E-state index in [1.54, 1.807) is 12.3 Å². The molecule has 128 valence electrons. The first-order valence-electron chi connectivity index (χ1n) is 8.58. The van der Waals surface area contributed by atoms with E-state index in [2.05, 4.69) is 10.3 Å². The predicted molar refractivity (Wildman–Crippen MR) is 89.7 cm³/mol. The molecule has 1 aliphatic rings. The molecule has 1 aromatic heterocycles. The first-order chi connectivity index (χ1) is 11.6. The van der Waals surface area contributed by atoms with E-state index in [4.69, 9.17) is 0 Å². The number of hydrogen-bond acceptors (Lipinski definition) is 1. The van der Waals surface area contributed by atoms with E-state index in [1.807, 2.05) is 0 Å². The van der Waals surface area contributed by atoms with Crippen molar-refractivity contribution in [2.24, 2.45) is 0 Å². The van der Waals surface area contributed by atoms with Crippen LogP contribution < -0.4 is 5.32 Å². The zero-order chi connectivity index (χ0) is 16.9. The zero-order valence-corrected chi connectivity index (χ0v) is 13.6. The molecule has 0 bridgehead atoms. The smallest absolute Gasteiger partial charge is 0.267 e. The number of H-pyrrole nitrogens is 1. The zero-order valence-electron chi connectivity index (χ0n) is 13.6. The highest BCUT2D eigenvalue weighted by Gasteiger charge is 2.17. The summed E-state index contributed by atoms with van der Waals surface area (Å²) in [6.45, 7) is 0. The third-order valence-corrected chi connectivity index (χ3v) is 4.61. The lowest BCUT2D eigenvalue weighted by Crippen LogP contribution is -2.35. The van der Waals surface area contributed by atoms with Crippen LogP contribution in [0.1, 0.15) is 55.4 Å². The molecule has 3 nitrogen and oxygen atoms in total. The van der Waals surface area contributed by atoms with Crippen LogP contribution >= 0.6 is 0 Å². The van der Waals surface area contributed by atoms with Gasteiger partial charge in [-0.3, -0.25) is 4.79 Å². The number of nitrogens with one attached hydrogen (secondary N) is 2. The van der Waals surface area contributed by atoms with Gasteiger partial charge in [-0.1, -0.05) is 32.1 Å². The molecule has 1 heterocycles. The van der Waals surface area contributed by atoms with Gasteiger partial charge in [-0.05, 0) is 31.0 Å². The second kappa shape index (κ2) is 7.60.